The Morgan fingerprint density at radius 2 is 2.00 bits per heavy atom. The van der Waals surface area contributed by atoms with Gasteiger partial charge in [0.25, 0.3) is 0 Å². The van der Waals surface area contributed by atoms with Crippen molar-refractivity contribution < 1.29 is 9.53 Å². The molecule has 0 saturated carbocycles. The van der Waals surface area contributed by atoms with Gasteiger partial charge in [0.05, 0.1) is 23.3 Å². The summed E-state index contributed by atoms with van der Waals surface area (Å²) in [7, 11) is 0. The molecular formula is C18H31N5O2. The molecule has 0 aliphatic carbocycles. The highest BCUT2D eigenvalue weighted by atomic mass is 16.5. The molecule has 7 nitrogen and oxygen atoms in total. The van der Waals surface area contributed by atoms with Crippen molar-refractivity contribution in [2.45, 2.75) is 96.6 Å². The van der Waals surface area contributed by atoms with Crippen LogP contribution in [-0.2, 0) is 11.3 Å². The fourth-order valence-corrected chi connectivity index (χ4v) is 3.90. The summed E-state index contributed by atoms with van der Waals surface area (Å²) in [5, 5.41) is 10.8. The second-order valence-corrected chi connectivity index (χ2v) is 8.74. The highest BCUT2D eigenvalue weighted by Gasteiger charge is 2.46. The zero-order chi connectivity index (χ0) is 18.4. The maximum Gasteiger partial charge on any atom is 0.315 e. The molecule has 0 bridgehead atoms. The average Bonchev–Trinajstić information content (AvgIpc) is 2.98. The van der Waals surface area contributed by atoms with E-state index in [4.69, 9.17) is 4.74 Å². The summed E-state index contributed by atoms with van der Waals surface area (Å²) in [5.41, 5.74) is -0.600. The zero-order valence-electron chi connectivity index (χ0n) is 16.2. The second kappa shape index (κ2) is 6.27. The third-order valence-corrected chi connectivity index (χ3v) is 5.09. The van der Waals surface area contributed by atoms with E-state index in [9.17, 15) is 4.79 Å². The van der Waals surface area contributed by atoms with Crippen LogP contribution in [-0.4, -0.2) is 38.0 Å². The lowest BCUT2D eigenvalue weighted by Gasteiger charge is -2.29. The third-order valence-electron chi connectivity index (χ3n) is 5.09. The van der Waals surface area contributed by atoms with Crippen molar-refractivity contribution in [1.29, 1.82) is 0 Å². The van der Waals surface area contributed by atoms with E-state index in [1.54, 1.807) is 0 Å². The maximum absolute atomic E-state index is 12.6. The van der Waals surface area contributed by atoms with Gasteiger partial charge in [0.15, 0.2) is 5.82 Å². The Kier molecular flexibility index (Phi) is 4.56. The van der Waals surface area contributed by atoms with Crippen LogP contribution < -0.4 is 10.6 Å². The first kappa shape index (κ1) is 18.2. The topological polar surface area (TPSA) is 81.1 Å². The monoisotopic (exact) mass is 349 g/mol. The van der Waals surface area contributed by atoms with Crippen LogP contribution in [0.3, 0.4) is 0 Å². The van der Waals surface area contributed by atoms with Gasteiger partial charge < -0.3 is 15.4 Å². The van der Waals surface area contributed by atoms with Gasteiger partial charge in [-0.25, -0.2) is 14.5 Å². The molecule has 140 valence electrons. The van der Waals surface area contributed by atoms with Gasteiger partial charge in [0, 0.05) is 12.5 Å². The molecule has 0 radical (unpaired) electrons. The summed E-state index contributed by atoms with van der Waals surface area (Å²) < 4.78 is 8.00. The minimum atomic E-state index is -0.377. The molecule has 1 saturated heterocycles. The molecular weight excluding hydrogens is 318 g/mol. The molecule has 3 heterocycles. The lowest BCUT2D eigenvalue weighted by atomic mass is 9.94. The molecule has 1 fully saturated rings. The summed E-state index contributed by atoms with van der Waals surface area (Å²) in [6, 6.07) is -0.269. The van der Waals surface area contributed by atoms with Gasteiger partial charge in [-0.05, 0) is 47.0 Å². The molecule has 0 spiro atoms. The minimum Gasteiger partial charge on any atom is -0.367 e. The second-order valence-electron chi connectivity index (χ2n) is 8.74. The van der Waals surface area contributed by atoms with Crippen molar-refractivity contribution in [1.82, 2.24) is 25.4 Å². The first-order valence-corrected chi connectivity index (χ1v) is 9.29. The van der Waals surface area contributed by atoms with Gasteiger partial charge >= 0.3 is 6.03 Å². The quantitative estimate of drug-likeness (QED) is 0.879. The van der Waals surface area contributed by atoms with E-state index in [1.165, 1.54) is 0 Å². The number of aryl methyl sites for hydroxylation is 1. The molecule has 2 aliphatic rings. The van der Waals surface area contributed by atoms with Crippen molar-refractivity contribution >= 4 is 6.03 Å². The van der Waals surface area contributed by atoms with Gasteiger partial charge in [-0.15, -0.1) is 0 Å². The molecule has 3 rings (SSSR count). The van der Waals surface area contributed by atoms with Crippen LogP contribution in [0, 0.1) is 0 Å². The van der Waals surface area contributed by atoms with Crippen LogP contribution >= 0.6 is 0 Å². The number of hydrogen-bond acceptors (Lipinski definition) is 4. The molecule has 1 aromatic heterocycles. The van der Waals surface area contributed by atoms with E-state index in [1.807, 2.05) is 18.5 Å². The van der Waals surface area contributed by atoms with E-state index < -0.39 is 0 Å². The summed E-state index contributed by atoms with van der Waals surface area (Å²) >= 11 is 0. The molecule has 1 aromatic rings. The molecule has 25 heavy (non-hydrogen) atoms. The van der Waals surface area contributed by atoms with Crippen molar-refractivity contribution in [3.8, 4) is 0 Å². The number of nitrogens with zero attached hydrogens (tertiary/aromatic N) is 3. The predicted octanol–water partition coefficient (Wildman–Crippen LogP) is 2.88. The maximum atomic E-state index is 12.6. The first-order valence-electron chi connectivity index (χ1n) is 9.29. The van der Waals surface area contributed by atoms with Crippen LogP contribution in [0.5, 0.6) is 0 Å². The SMILES string of the molecule is CC(C)c1nc2n(n1)CCC[C@H]2NC(=O)N[C@H]1CC(C)(C)OC1(C)C. The molecule has 2 amide bonds. The Bertz CT molecular complexity index is 650. The fraction of sp³-hybridized carbons (Fsp3) is 0.833. The lowest BCUT2D eigenvalue weighted by molar-refractivity contribution is -0.0691. The predicted molar refractivity (Wildman–Crippen MR) is 95.4 cm³/mol. The number of rotatable bonds is 3. The summed E-state index contributed by atoms with van der Waals surface area (Å²) in [6.07, 6.45) is 2.68. The van der Waals surface area contributed by atoms with Crippen LogP contribution in [0.1, 0.15) is 84.4 Å². The van der Waals surface area contributed by atoms with E-state index in [2.05, 4.69) is 48.4 Å². The lowest BCUT2D eigenvalue weighted by Crippen LogP contribution is -2.50. The highest BCUT2D eigenvalue weighted by Crippen LogP contribution is 2.37. The first-order chi connectivity index (χ1) is 11.6. The summed E-state index contributed by atoms with van der Waals surface area (Å²) in [4.78, 5) is 17.2. The number of nitrogens with one attached hydrogen (secondary N) is 2. The summed E-state index contributed by atoms with van der Waals surface area (Å²) in [6.45, 7) is 13.2. The molecule has 0 unspecified atom stereocenters. The largest absolute Gasteiger partial charge is 0.367 e. The van der Waals surface area contributed by atoms with Gasteiger partial charge in [0.1, 0.15) is 5.82 Å². The number of urea groups is 1. The zero-order valence-corrected chi connectivity index (χ0v) is 16.2. The molecule has 0 aromatic carbocycles. The number of amides is 2. The molecule has 7 heteroatoms. The number of hydrogen-bond donors (Lipinski definition) is 2. The summed E-state index contributed by atoms with van der Waals surface area (Å²) in [5.74, 6) is 2.00. The molecule has 2 N–H and O–H groups in total. The minimum absolute atomic E-state index is 0.0183. The van der Waals surface area contributed by atoms with E-state index >= 15 is 0 Å². The van der Waals surface area contributed by atoms with Crippen molar-refractivity contribution in [2.24, 2.45) is 0 Å². The van der Waals surface area contributed by atoms with Gasteiger partial charge in [-0.3, -0.25) is 0 Å². The van der Waals surface area contributed by atoms with Crippen LogP contribution in [0.25, 0.3) is 0 Å². The van der Waals surface area contributed by atoms with Gasteiger partial charge in [-0.2, -0.15) is 5.10 Å². The van der Waals surface area contributed by atoms with Gasteiger partial charge in [-0.1, -0.05) is 13.8 Å². The van der Waals surface area contributed by atoms with E-state index in [0.717, 1.165) is 37.5 Å². The Labute approximate surface area is 149 Å². The standard InChI is InChI=1S/C18H31N5O2/c1-11(2)14-21-15-12(8-7-9-23(15)22-14)19-16(24)20-13-10-17(3,4)25-18(13,5)6/h11-13H,7-10H2,1-6H3,(H2,19,20,24)/t12-,13+/m1/s1. The van der Waals surface area contributed by atoms with Crippen molar-refractivity contribution in [3.05, 3.63) is 11.6 Å². The van der Waals surface area contributed by atoms with Crippen molar-refractivity contribution in [3.63, 3.8) is 0 Å². The number of carbonyl (C=O) groups excluding carboxylic acids is 1. The average molecular weight is 349 g/mol. The van der Waals surface area contributed by atoms with E-state index in [0.29, 0.717) is 0 Å². The number of carbonyl (C=O) groups is 1. The third kappa shape index (κ3) is 3.81. The number of aromatic nitrogens is 3. The number of ether oxygens (including phenoxy) is 1. The van der Waals surface area contributed by atoms with Crippen LogP contribution in [0.2, 0.25) is 0 Å². The van der Waals surface area contributed by atoms with Gasteiger partial charge in [0.2, 0.25) is 0 Å². The Morgan fingerprint density at radius 1 is 1.28 bits per heavy atom. The Hall–Kier alpha value is -1.63. The smallest absolute Gasteiger partial charge is 0.315 e. The van der Waals surface area contributed by atoms with E-state index in [-0.39, 0.29) is 35.2 Å². The highest BCUT2D eigenvalue weighted by molar-refractivity contribution is 5.75. The molecule has 2 atom stereocenters. The Balaban J connectivity index is 1.67. The molecule has 2 aliphatic heterocycles. The number of fused-ring (bicyclic) bond motifs is 1. The fourth-order valence-electron chi connectivity index (χ4n) is 3.90. The van der Waals surface area contributed by atoms with Crippen molar-refractivity contribution in [2.75, 3.05) is 0 Å². The Morgan fingerprint density at radius 3 is 2.60 bits per heavy atom. The normalized spacial score (nSPS) is 27.2. The van der Waals surface area contributed by atoms with Crippen LogP contribution in [0.15, 0.2) is 0 Å². The van der Waals surface area contributed by atoms with Crippen LogP contribution in [0.4, 0.5) is 4.79 Å².